The molecule has 0 saturated carbocycles. The van der Waals surface area contributed by atoms with Crippen molar-refractivity contribution in [2.24, 2.45) is 0 Å². The molecule has 0 aliphatic heterocycles. The summed E-state index contributed by atoms with van der Waals surface area (Å²) in [6.45, 7) is 0. The minimum Gasteiger partial charge on any atom is -0.282 e. The third kappa shape index (κ3) is 1.79. The quantitative estimate of drug-likeness (QED) is 0.699. The van der Waals surface area contributed by atoms with E-state index in [0.29, 0.717) is 0 Å². The fourth-order valence-electron chi connectivity index (χ4n) is 0.709. The van der Waals surface area contributed by atoms with E-state index in [2.05, 4.69) is 4.98 Å². The molecule has 0 fully saturated rings. The molecule has 0 unspecified atom stereocenters. The Morgan fingerprint density at radius 1 is 1.42 bits per heavy atom. The van der Waals surface area contributed by atoms with E-state index >= 15 is 0 Å². The summed E-state index contributed by atoms with van der Waals surface area (Å²) in [4.78, 5) is 5.24. The zero-order valence-electron chi connectivity index (χ0n) is 5.69. The van der Waals surface area contributed by atoms with Crippen LogP contribution in [0, 0.1) is 0 Å². The Hall–Kier alpha value is -0.970. The molecule has 0 radical (unpaired) electrons. The van der Waals surface area contributed by atoms with Gasteiger partial charge in [0.2, 0.25) is 0 Å². The van der Waals surface area contributed by atoms with Crippen LogP contribution in [-0.4, -0.2) is 4.98 Å². The van der Waals surface area contributed by atoms with Crippen molar-refractivity contribution < 1.29 is 13.2 Å². The second kappa shape index (κ2) is 3.18. The van der Waals surface area contributed by atoms with Gasteiger partial charge in [-0.1, -0.05) is 0 Å². The van der Waals surface area contributed by atoms with Crippen LogP contribution in [0.5, 0.6) is 0 Å². The fraction of sp³-hybridized carbons (Fsp3) is 0.167. The van der Waals surface area contributed by atoms with Crippen LogP contribution in [0.4, 0.5) is 19.0 Å². The summed E-state index contributed by atoms with van der Waals surface area (Å²) < 4.78 is 36.3. The van der Waals surface area contributed by atoms with Gasteiger partial charge >= 0.3 is 6.18 Å². The molecular weight excluding hydrogens is 193 g/mol. The number of nitrogens with zero attached hydrogens (tertiary/aromatic N) is 1. The average Bonchev–Trinajstić information content (AvgIpc) is 2.03. The molecule has 0 bridgehead atoms. The van der Waals surface area contributed by atoms with E-state index in [9.17, 15) is 13.2 Å². The van der Waals surface area contributed by atoms with Gasteiger partial charge in [-0.2, -0.15) is 13.2 Å². The molecule has 1 aromatic heterocycles. The number of nitrogens with one attached hydrogen (secondary N) is 1. The topological polar surface area (TPSA) is 24.9 Å². The Balaban J connectivity index is 3.14. The molecule has 0 atom stereocenters. The molecule has 0 aliphatic carbocycles. The third-order valence-electron chi connectivity index (χ3n) is 1.20. The molecule has 6 heteroatoms. The van der Waals surface area contributed by atoms with Crippen LogP contribution in [-0.2, 0) is 6.18 Å². The van der Waals surface area contributed by atoms with Crippen molar-refractivity contribution in [2.75, 3.05) is 4.84 Å². The Morgan fingerprint density at radius 2 is 2.08 bits per heavy atom. The van der Waals surface area contributed by atoms with Crippen molar-refractivity contribution in [1.29, 1.82) is 0 Å². The third-order valence-corrected chi connectivity index (χ3v) is 1.38. The molecule has 0 amide bonds. The molecular formula is C6H4ClF3N2. The van der Waals surface area contributed by atoms with Gasteiger partial charge in [-0.3, -0.25) is 4.84 Å². The van der Waals surface area contributed by atoms with Crippen LogP contribution in [0.2, 0.25) is 0 Å². The Morgan fingerprint density at radius 3 is 2.50 bits per heavy atom. The van der Waals surface area contributed by atoms with E-state index in [4.69, 9.17) is 11.8 Å². The molecule has 66 valence electrons. The Kier molecular flexibility index (Phi) is 2.42. The van der Waals surface area contributed by atoms with Gasteiger partial charge in [0.1, 0.15) is 0 Å². The van der Waals surface area contributed by atoms with Gasteiger partial charge in [-0.05, 0) is 12.1 Å². The SMILES string of the molecule is FC(F)(F)c1cccnc1NCl. The van der Waals surface area contributed by atoms with Crippen molar-refractivity contribution in [3.8, 4) is 0 Å². The molecule has 1 heterocycles. The molecule has 1 N–H and O–H groups in total. The first-order valence-corrected chi connectivity index (χ1v) is 3.32. The lowest BCUT2D eigenvalue weighted by molar-refractivity contribution is -0.137. The van der Waals surface area contributed by atoms with Gasteiger partial charge in [0, 0.05) is 18.0 Å². The lowest BCUT2D eigenvalue weighted by Gasteiger charge is -2.08. The van der Waals surface area contributed by atoms with Crippen molar-refractivity contribution in [3.05, 3.63) is 23.9 Å². The monoisotopic (exact) mass is 196 g/mol. The fourth-order valence-corrected chi connectivity index (χ4v) is 0.860. The van der Waals surface area contributed by atoms with Crippen LogP contribution in [0.15, 0.2) is 18.3 Å². The summed E-state index contributed by atoms with van der Waals surface area (Å²) in [6, 6.07) is 2.10. The molecule has 0 spiro atoms. The second-order valence-electron chi connectivity index (χ2n) is 1.99. The normalized spacial score (nSPS) is 11.3. The largest absolute Gasteiger partial charge is 0.419 e. The van der Waals surface area contributed by atoms with Crippen LogP contribution in [0.25, 0.3) is 0 Å². The zero-order valence-corrected chi connectivity index (χ0v) is 6.45. The molecule has 1 aromatic rings. The summed E-state index contributed by atoms with van der Waals surface area (Å²) in [5, 5.41) is 0. The summed E-state index contributed by atoms with van der Waals surface area (Å²) in [5.74, 6) is -0.383. The van der Waals surface area contributed by atoms with Crippen LogP contribution >= 0.6 is 11.8 Å². The predicted molar refractivity (Wildman–Crippen MR) is 38.7 cm³/mol. The minimum absolute atomic E-state index is 0.383. The van der Waals surface area contributed by atoms with Gasteiger partial charge in [0.15, 0.2) is 5.82 Å². The number of aromatic nitrogens is 1. The highest BCUT2D eigenvalue weighted by Gasteiger charge is 2.33. The zero-order chi connectivity index (χ0) is 9.19. The lowest BCUT2D eigenvalue weighted by atomic mass is 10.2. The summed E-state index contributed by atoms with van der Waals surface area (Å²) in [7, 11) is 0. The molecule has 0 aromatic carbocycles. The van der Waals surface area contributed by atoms with Crippen LogP contribution in [0.1, 0.15) is 5.56 Å². The number of anilines is 1. The maximum absolute atomic E-state index is 12.1. The van der Waals surface area contributed by atoms with Gasteiger partial charge in [-0.25, -0.2) is 4.98 Å². The van der Waals surface area contributed by atoms with Gasteiger partial charge < -0.3 is 0 Å². The van der Waals surface area contributed by atoms with E-state index in [0.717, 1.165) is 6.07 Å². The first-order valence-electron chi connectivity index (χ1n) is 2.94. The first-order chi connectivity index (χ1) is 5.55. The highest BCUT2D eigenvalue weighted by atomic mass is 35.5. The first kappa shape index (κ1) is 9.12. The smallest absolute Gasteiger partial charge is 0.282 e. The van der Waals surface area contributed by atoms with Crippen LogP contribution in [0.3, 0.4) is 0 Å². The van der Waals surface area contributed by atoms with E-state index in [1.54, 1.807) is 0 Å². The van der Waals surface area contributed by atoms with E-state index in [-0.39, 0.29) is 5.82 Å². The highest BCUT2D eigenvalue weighted by molar-refractivity contribution is 6.23. The number of rotatable bonds is 1. The molecule has 1 rings (SSSR count). The second-order valence-corrected chi connectivity index (χ2v) is 2.18. The van der Waals surface area contributed by atoms with Crippen molar-refractivity contribution in [1.82, 2.24) is 4.98 Å². The van der Waals surface area contributed by atoms with E-state index in [1.165, 1.54) is 12.3 Å². The predicted octanol–water partition coefficient (Wildman–Crippen LogP) is 2.67. The average molecular weight is 197 g/mol. The van der Waals surface area contributed by atoms with Gasteiger partial charge in [0.05, 0.1) is 5.56 Å². The molecule has 2 nitrogen and oxygen atoms in total. The van der Waals surface area contributed by atoms with E-state index < -0.39 is 11.7 Å². The number of hydrogen-bond acceptors (Lipinski definition) is 2. The maximum atomic E-state index is 12.1. The number of hydrogen-bond donors (Lipinski definition) is 1. The summed E-state index contributed by atoms with van der Waals surface area (Å²) >= 11 is 5.03. The molecule has 0 saturated heterocycles. The standard InChI is InChI=1S/C6H4ClF3N2/c7-12-5-4(6(8,9)10)2-1-3-11-5/h1-3H,(H,11,12). The van der Waals surface area contributed by atoms with Crippen molar-refractivity contribution in [3.63, 3.8) is 0 Å². The molecule has 12 heavy (non-hydrogen) atoms. The van der Waals surface area contributed by atoms with Crippen molar-refractivity contribution in [2.45, 2.75) is 6.18 Å². The van der Waals surface area contributed by atoms with E-state index in [1.807, 2.05) is 4.84 Å². The Bertz CT molecular complexity index is 274. The minimum atomic E-state index is -4.43. The Labute approximate surface area is 71.5 Å². The lowest BCUT2D eigenvalue weighted by Crippen LogP contribution is -2.08. The highest BCUT2D eigenvalue weighted by Crippen LogP contribution is 2.33. The number of pyridine rings is 1. The number of halogens is 4. The number of alkyl halides is 3. The summed E-state index contributed by atoms with van der Waals surface area (Å²) in [6.07, 6.45) is -3.20. The van der Waals surface area contributed by atoms with Gasteiger partial charge in [0.25, 0.3) is 0 Å². The van der Waals surface area contributed by atoms with Gasteiger partial charge in [-0.15, -0.1) is 0 Å². The maximum Gasteiger partial charge on any atom is 0.419 e. The van der Waals surface area contributed by atoms with Crippen LogP contribution < -0.4 is 4.84 Å². The summed E-state index contributed by atoms with van der Waals surface area (Å²) in [5.41, 5.74) is -0.875. The van der Waals surface area contributed by atoms with Crippen molar-refractivity contribution >= 4 is 17.6 Å². The molecule has 0 aliphatic rings.